The van der Waals surface area contributed by atoms with Crippen LogP contribution >= 0.6 is 12.4 Å². The second kappa shape index (κ2) is 10.2. The third kappa shape index (κ3) is 7.11. The van der Waals surface area contributed by atoms with Crippen molar-refractivity contribution in [1.82, 2.24) is 16.0 Å². The lowest BCUT2D eigenvalue weighted by molar-refractivity contribution is -0.120. The fourth-order valence-corrected chi connectivity index (χ4v) is 1.60. The number of amides is 2. The molecule has 0 heterocycles. The van der Waals surface area contributed by atoms with Crippen LogP contribution in [0.1, 0.15) is 24.2 Å². The van der Waals surface area contributed by atoms with Crippen molar-refractivity contribution < 1.29 is 9.59 Å². The fourth-order valence-electron chi connectivity index (χ4n) is 1.60. The maximum atomic E-state index is 11.7. The molecule has 0 saturated heterocycles. The molecule has 1 rings (SSSR count). The number of likely N-dealkylation sites (N-methyl/N-ethyl adjacent to an activating group) is 1. The molecule has 20 heavy (non-hydrogen) atoms. The standard InChI is InChI=1S/C14H21N3O2.ClH/c1-3-15-11(2)9-16-13(18)10-17-14(19)12-7-5-4-6-8-12;/h4-8,11,15H,3,9-10H2,1-2H3,(H,16,18)(H,17,19);1H/t11-;/m1./s1. The third-order valence-electron chi connectivity index (χ3n) is 2.60. The summed E-state index contributed by atoms with van der Waals surface area (Å²) in [5, 5.41) is 8.53. The number of nitrogens with one attached hydrogen (secondary N) is 3. The van der Waals surface area contributed by atoms with E-state index in [1.54, 1.807) is 24.3 Å². The molecule has 0 aliphatic carbocycles. The van der Waals surface area contributed by atoms with Crippen LogP contribution in [0.2, 0.25) is 0 Å². The van der Waals surface area contributed by atoms with E-state index in [0.717, 1.165) is 6.54 Å². The number of rotatable bonds is 7. The van der Waals surface area contributed by atoms with Crippen LogP contribution in [0.5, 0.6) is 0 Å². The van der Waals surface area contributed by atoms with Gasteiger partial charge in [0, 0.05) is 18.2 Å². The van der Waals surface area contributed by atoms with E-state index in [4.69, 9.17) is 0 Å². The zero-order valence-corrected chi connectivity index (χ0v) is 12.6. The molecule has 0 unspecified atom stereocenters. The Hall–Kier alpha value is -1.59. The number of carbonyl (C=O) groups excluding carboxylic acids is 2. The zero-order chi connectivity index (χ0) is 14.1. The second-order valence-corrected chi connectivity index (χ2v) is 4.31. The Labute approximate surface area is 125 Å². The average Bonchev–Trinajstić information content (AvgIpc) is 2.44. The van der Waals surface area contributed by atoms with Crippen LogP contribution in [0.15, 0.2) is 30.3 Å². The first-order chi connectivity index (χ1) is 9.13. The Kier molecular flexibility index (Phi) is 9.41. The van der Waals surface area contributed by atoms with Gasteiger partial charge in [-0.3, -0.25) is 9.59 Å². The summed E-state index contributed by atoms with van der Waals surface area (Å²) in [4.78, 5) is 23.2. The van der Waals surface area contributed by atoms with Crippen molar-refractivity contribution >= 4 is 24.2 Å². The number of hydrogen-bond acceptors (Lipinski definition) is 3. The van der Waals surface area contributed by atoms with Crippen LogP contribution in [-0.4, -0.2) is 37.5 Å². The van der Waals surface area contributed by atoms with Crippen LogP contribution in [-0.2, 0) is 4.79 Å². The molecule has 1 atom stereocenters. The third-order valence-corrected chi connectivity index (χ3v) is 2.60. The summed E-state index contributed by atoms with van der Waals surface area (Å²) in [5.41, 5.74) is 0.552. The SMILES string of the molecule is CCN[C@H](C)CNC(=O)CNC(=O)c1ccccc1.Cl. The van der Waals surface area contributed by atoms with Gasteiger partial charge in [0.25, 0.3) is 5.91 Å². The molecular weight excluding hydrogens is 278 g/mol. The molecule has 1 aromatic carbocycles. The smallest absolute Gasteiger partial charge is 0.251 e. The molecule has 0 bridgehead atoms. The molecule has 0 aromatic heterocycles. The summed E-state index contributed by atoms with van der Waals surface area (Å²) in [6, 6.07) is 9.05. The number of halogens is 1. The topological polar surface area (TPSA) is 70.2 Å². The molecule has 3 N–H and O–H groups in total. The molecular formula is C14H22ClN3O2. The van der Waals surface area contributed by atoms with Crippen LogP contribution in [0, 0.1) is 0 Å². The summed E-state index contributed by atoms with van der Waals surface area (Å²) in [5.74, 6) is -0.426. The minimum Gasteiger partial charge on any atom is -0.353 e. The first kappa shape index (κ1) is 18.4. The van der Waals surface area contributed by atoms with Gasteiger partial charge in [0.1, 0.15) is 0 Å². The molecule has 0 spiro atoms. The summed E-state index contributed by atoms with van der Waals surface area (Å²) >= 11 is 0. The quantitative estimate of drug-likeness (QED) is 0.702. The van der Waals surface area contributed by atoms with Crippen molar-refractivity contribution in [1.29, 1.82) is 0 Å². The maximum Gasteiger partial charge on any atom is 0.251 e. The van der Waals surface area contributed by atoms with E-state index in [1.807, 2.05) is 19.9 Å². The van der Waals surface area contributed by atoms with Crippen molar-refractivity contribution in [2.24, 2.45) is 0 Å². The summed E-state index contributed by atoms with van der Waals surface area (Å²) < 4.78 is 0. The van der Waals surface area contributed by atoms with Crippen molar-refractivity contribution in [2.45, 2.75) is 19.9 Å². The average molecular weight is 300 g/mol. The number of benzene rings is 1. The molecule has 0 saturated carbocycles. The van der Waals surface area contributed by atoms with E-state index in [9.17, 15) is 9.59 Å². The van der Waals surface area contributed by atoms with Gasteiger partial charge in [-0.1, -0.05) is 25.1 Å². The van der Waals surface area contributed by atoms with Gasteiger partial charge in [-0.25, -0.2) is 0 Å². The Bertz CT molecular complexity index is 412. The van der Waals surface area contributed by atoms with Gasteiger partial charge < -0.3 is 16.0 Å². The summed E-state index contributed by atoms with van der Waals surface area (Å²) in [6.45, 7) is 5.41. The number of hydrogen-bond donors (Lipinski definition) is 3. The molecule has 0 fully saturated rings. The summed E-state index contributed by atoms with van der Waals surface area (Å²) in [7, 11) is 0. The molecule has 112 valence electrons. The van der Waals surface area contributed by atoms with E-state index >= 15 is 0 Å². The van der Waals surface area contributed by atoms with Crippen molar-refractivity contribution in [3.63, 3.8) is 0 Å². The Morgan fingerprint density at radius 2 is 1.80 bits per heavy atom. The van der Waals surface area contributed by atoms with Crippen LogP contribution in [0.25, 0.3) is 0 Å². The van der Waals surface area contributed by atoms with Gasteiger partial charge in [-0.05, 0) is 25.6 Å². The van der Waals surface area contributed by atoms with Gasteiger partial charge in [0.05, 0.1) is 6.54 Å². The lowest BCUT2D eigenvalue weighted by atomic mass is 10.2. The van der Waals surface area contributed by atoms with E-state index in [0.29, 0.717) is 12.1 Å². The first-order valence-corrected chi connectivity index (χ1v) is 6.46. The fraction of sp³-hybridized carbons (Fsp3) is 0.429. The highest BCUT2D eigenvalue weighted by Gasteiger charge is 2.08. The molecule has 0 radical (unpaired) electrons. The molecule has 6 heteroatoms. The number of carbonyl (C=O) groups is 2. The van der Waals surface area contributed by atoms with E-state index < -0.39 is 0 Å². The Morgan fingerprint density at radius 1 is 1.15 bits per heavy atom. The van der Waals surface area contributed by atoms with E-state index in [-0.39, 0.29) is 36.8 Å². The first-order valence-electron chi connectivity index (χ1n) is 6.46. The summed E-state index contributed by atoms with van der Waals surface area (Å²) in [6.07, 6.45) is 0. The lowest BCUT2D eigenvalue weighted by Crippen LogP contribution is -2.43. The van der Waals surface area contributed by atoms with Crippen LogP contribution in [0.4, 0.5) is 0 Å². The van der Waals surface area contributed by atoms with Crippen molar-refractivity contribution in [2.75, 3.05) is 19.6 Å². The monoisotopic (exact) mass is 299 g/mol. The molecule has 0 aliphatic rings. The van der Waals surface area contributed by atoms with Gasteiger partial charge >= 0.3 is 0 Å². The van der Waals surface area contributed by atoms with Crippen LogP contribution in [0.3, 0.4) is 0 Å². The van der Waals surface area contributed by atoms with E-state index in [2.05, 4.69) is 16.0 Å². The normalized spacial score (nSPS) is 11.1. The second-order valence-electron chi connectivity index (χ2n) is 4.31. The highest BCUT2D eigenvalue weighted by Crippen LogP contribution is 1.97. The van der Waals surface area contributed by atoms with E-state index in [1.165, 1.54) is 0 Å². The van der Waals surface area contributed by atoms with Crippen molar-refractivity contribution in [3.8, 4) is 0 Å². The Morgan fingerprint density at radius 3 is 2.40 bits per heavy atom. The Balaban J connectivity index is 0.00000361. The predicted octanol–water partition coefficient (Wildman–Crippen LogP) is 0.952. The molecule has 1 aromatic rings. The van der Waals surface area contributed by atoms with Gasteiger partial charge in [-0.15, -0.1) is 12.4 Å². The van der Waals surface area contributed by atoms with Crippen LogP contribution < -0.4 is 16.0 Å². The largest absolute Gasteiger partial charge is 0.353 e. The van der Waals surface area contributed by atoms with Gasteiger partial charge in [0.15, 0.2) is 0 Å². The molecule has 2 amide bonds. The molecule has 0 aliphatic heterocycles. The zero-order valence-electron chi connectivity index (χ0n) is 11.8. The maximum absolute atomic E-state index is 11.7. The molecule has 5 nitrogen and oxygen atoms in total. The highest BCUT2D eigenvalue weighted by atomic mass is 35.5. The lowest BCUT2D eigenvalue weighted by Gasteiger charge is -2.13. The minimum atomic E-state index is -0.240. The van der Waals surface area contributed by atoms with Gasteiger partial charge in [-0.2, -0.15) is 0 Å². The van der Waals surface area contributed by atoms with Crippen molar-refractivity contribution in [3.05, 3.63) is 35.9 Å². The van der Waals surface area contributed by atoms with Gasteiger partial charge in [0.2, 0.25) is 5.91 Å². The predicted molar refractivity (Wildman–Crippen MR) is 82.2 cm³/mol. The minimum absolute atomic E-state index is 0. The highest BCUT2D eigenvalue weighted by molar-refractivity contribution is 5.96.